The van der Waals surface area contributed by atoms with E-state index in [9.17, 15) is 0 Å². The first-order valence-corrected chi connectivity index (χ1v) is 19.8. The highest BCUT2D eigenvalue weighted by Gasteiger charge is 2.16. The molecule has 54 heavy (non-hydrogen) atoms. The van der Waals surface area contributed by atoms with Crippen LogP contribution in [0.2, 0.25) is 0 Å². The van der Waals surface area contributed by atoms with Crippen LogP contribution in [-0.4, -0.2) is 0 Å². The Hall–Kier alpha value is -6.46. The van der Waals surface area contributed by atoms with Gasteiger partial charge in [0.15, 0.2) is 0 Å². The molecule has 0 unspecified atom stereocenters. The van der Waals surface area contributed by atoms with Gasteiger partial charge in [-0.1, -0.05) is 146 Å². The molecule has 0 spiro atoms. The van der Waals surface area contributed by atoms with Gasteiger partial charge in [-0.05, 0) is 57.3 Å². The van der Waals surface area contributed by atoms with E-state index < -0.39 is 0 Å². The van der Waals surface area contributed by atoms with Crippen LogP contribution >= 0.6 is 22.7 Å². The molecule has 4 aromatic heterocycles. The van der Waals surface area contributed by atoms with E-state index in [4.69, 9.17) is 8.83 Å². The van der Waals surface area contributed by atoms with Gasteiger partial charge in [-0.3, -0.25) is 0 Å². The molecular formula is C50H28O2S2. The first-order chi connectivity index (χ1) is 26.7. The summed E-state index contributed by atoms with van der Waals surface area (Å²) < 4.78 is 18.2. The molecular weight excluding hydrogens is 697 g/mol. The lowest BCUT2D eigenvalue weighted by Crippen LogP contribution is -1.79. The number of thiophene rings is 2. The highest BCUT2D eigenvalue weighted by atomic mass is 32.1. The van der Waals surface area contributed by atoms with Crippen molar-refractivity contribution in [1.82, 2.24) is 0 Å². The van der Waals surface area contributed by atoms with Gasteiger partial charge in [0.25, 0.3) is 0 Å². The van der Waals surface area contributed by atoms with E-state index in [0.717, 1.165) is 55.4 Å². The van der Waals surface area contributed by atoms with Crippen molar-refractivity contribution in [2.45, 2.75) is 0 Å². The topological polar surface area (TPSA) is 26.3 Å². The van der Waals surface area contributed by atoms with Gasteiger partial charge in [0, 0.05) is 52.8 Å². The Bertz CT molecular complexity index is 3200. The van der Waals surface area contributed by atoms with Crippen molar-refractivity contribution in [2.24, 2.45) is 0 Å². The Kier molecular flexibility index (Phi) is 6.41. The Morgan fingerprint density at radius 3 is 1.15 bits per heavy atom. The van der Waals surface area contributed by atoms with E-state index in [1.807, 2.05) is 22.7 Å². The number of rotatable bonds is 4. The number of benzene rings is 8. The average Bonchev–Trinajstić information content (AvgIpc) is 4.02. The molecule has 0 fully saturated rings. The molecule has 0 radical (unpaired) electrons. The summed E-state index contributed by atoms with van der Waals surface area (Å²) in [5.41, 5.74) is 8.91. The van der Waals surface area contributed by atoms with Crippen molar-refractivity contribution in [1.29, 1.82) is 0 Å². The molecule has 0 N–H and O–H groups in total. The van der Waals surface area contributed by atoms with Gasteiger partial charge in [0.2, 0.25) is 0 Å². The van der Waals surface area contributed by atoms with E-state index in [0.29, 0.717) is 0 Å². The second-order valence-electron chi connectivity index (χ2n) is 14.1. The molecule has 0 saturated heterocycles. The highest BCUT2D eigenvalue weighted by Crippen LogP contribution is 2.46. The minimum Gasteiger partial charge on any atom is -0.455 e. The Morgan fingerprint density at radius 1 is 0.296 bits per heavy atom. The second-order valence-corrected chi connectivity index (χ2v) is 16.2. The molecule has 4 heterocycles. The zero-order chi connectivity index (χ0) is 35.3. The molecule has 2 nitrogen and oxygen atoms in total. The van der Waals surface area contributed by atoms with Crippen molar-refractivity contribution < 1.29 is 8.83 Å². The van der Waals surface area contributed by atoms with E-state index in [1.165, 1.54) is 62.6 Å². The Balaban J connectivity index is 0.831. The summed E-state index contributed by atoms with van der Waals surface area (Å²) in [6.45, 7) is 0. The zero-order valence-electron chi connectivity index (χ0n) is 28.8. The minimum atomic E-state index is 0.894. The summed E-state index contributed by atoms with van der Waals surface area (Å²) in [7, 11) is 0. The summed E-state index contributed by atoms with van der Waals surface area (Å²) in [5, 5.41) is 9.60. The van der Waals surface area contributed by atoms with E-state index in [2.05, 4.69) is 170 Å². The molecule has 12 rings (SSSR count). The van der Waals surface area contributed by atoms with E-state index in [1.54, 1.807) is 0 Å². The minimum absolute atomic E-state index is 0.894. The lowest BCUT2D eigenvalue weighted by molar-refractivity contribution is 0.634. The predicted octanol–water partition coefficient (Wildman–Crippen LogP) is 15.7. The monoisotopic (exact) mass is 724 g/mol. The van der Waals surface area contributed by atoms with Gasteiger partial charge in [0.1, 0.15) is 22.7 Å². The predicted molar refractivity (Wildman–Crippen MR) is 231 cm³/mol. The van der Waals surface area contributed by atoms with Crippen molar-refractivity contribution in [3.63, 3.8) is 0 Å². The van der Waals surface area contributed by atoms with Crippen LogP contribution in [0, 0.1) is 0 Å². The Morgan fingerprint density at radius 2 is 0.685 bits per heavy atom. The molecule has 0 aliphatic heterocycles. The first-order valence-electron chi connectivity index (χ1n) is 18.1. The molecule has 0 aliphatic carbocycles. The lowest BCUT2D eigenvalue weighted by atomic mass is 10.0. The summed E-state index contributed by atoms with van der Waals surface area (Å²) in [6.07, 6.45) is 0. The lowest BCUT2D eigenvalue weighted by Gasteiger charge is -2.04. The van der Waals surface area contributed by atoms with Gasteiger partial charge >= 0.3 is 0 Å². The maximum Gasteiger partial charge on any atom is 0.142 e. The first kappa shape index (κ1) is 30.0. The molecule has 12 aromatic rings. The maximum atomic E-state index is 6.40. The zero-order valence-corrected chi connectivity index (χ0v) is 30.4. The number of fused-ring (bicyclic) bond motifs is 11. The van der Waals surface area contributed by atoms with Crippen LogP contribution in [-0.2, 0) is 0 Å². The second kappa shape index (κ2) is 11.5. The number of hydrogen-bond donors (Lipinski definition) is 0. The van der Waals surface area contributed by atoms with E-state index in [-0.39, 0.29) is 0 Å². The molecule has 0 saturated carbocycles. The average molecular weight is 725 g/mol. The van der Waals surface area contributed by atoms with Gasteiger partial charge in [0.05, 0.1) is 9.40 Å². The summed E-state index contributed by atoms with van der Waals surface area (Å²) >= 11 is 3.80. The molecule has 4 heteroatoms. The van der Waals surface area contributed by atoms with Crippen LogP contribution < -0.4 is 0 Å². The normalized spacial score (nSPS) is 12.1. The van der Waals surface area contributed by atoms with Crippen molar-refractivity contribution in [3.05, 3.63) is 170 Å². The number of furan rings is 2. The fourth-order valence-electron chi connectivity index (χ4n) is 8.09. The molecule has 0 bridgehead atoms. The van der Waals surface area contributed by atoms with Crippen molar-refractivity contribution in [2.75, 3.05) is 0 Å². The van der Waals surface area contributed by atoms with Crippen molar-refractivity contribution >= 4 is 95.7 Å². The standard InChI is InChI=1S/C50H28O2S2/c1-3-7-39-31(5-1)13-19-37-25-43(51-47(37)39)33-15-9-29(10-16-33)35-21-23-41-45(27-35)53-50-42-24-22-36(28-46(42)54-49(41)50)30-11-17-34(18-12-30)44-26-38-20-14-32-6-2-4-8-40(32)48(38)52-44/h1-28H. The third-order valence-corrected chi connectivity index (χ3v) is 13.4. The van der Waals surface area contributed by atoms with Crippen LogP contribution in [0.3, 0.4) is 0 Å². The fraction of sp³-hybridized carbons (Fsp3) is 0. The largest absolute Gasteiger partial charge is 0.455 e. The van der Waals surface area contributed by atoms with Gasteiger partial charge in [-0.25, -0.2) is 0 Å². The third kappa shape index (κ3) is 4.64. The molecule has 0 aliphatic rings. The number of hydrogen-bond acceptors (Lipinski definition) is 4. The van der Waals surface area contributed by atoms with Crippen LogP contribution in [0.15, 0.2) is 179 Å². The van der Waals surface area contributed by atoms with Crippen LogP contribution in [0.25, 0.3) is 118 Å². The molecule has 0 amide bonds. The summed E-state index contributed by atoms with van der Waals surface area (Å²) in [5.74, 6) is 1.79. The summed E-state index contributed by atoms with van der Waals surface area (Å²) in [4.78, 5) is 0. The van der Waals surface area contributed by atoms with E-state index >= 15 is 0 Å². The van der Waals surface area contributed by atoms with Crippen LogP contribution in [0.1, 0.15) is 0 Å². The Labute approximate surface area is 317 Å². The van der Waals surface area contributed by atoms with Crippen LogP contribution in [0.4, 0.5) is 0 Å². The summed E-state index contributed by atoms with van der Waals surface area (Å²) in [6, 6.07) is 61.0. The smallest absolute Gasteiger partial charge is 0.142 e. The SMILES string of the molecule is c1ccc2c(c1)ccc1cc(-c3ccc(-c4ccc5c(c4)sc4c6ccc(-c7ccc(-c8cc9ccc%10ccccc%10c9o8)cc7)cc6sc54)cc3)oc12. The maximum absolute atomic E-state index is 6.40. The van der Waals surface area contributed by atoms with Crippen LogP contribution in [0.5, 0.6) is 0 Å². The molecule has 0 atom stereocenters. The molecule has 252 valence electrons. The quantitative estimate of drug-likeness (QED) is 0.181. The highest BCUT2D eigenvalue weighted by molar-refractivity contribution is 7.36. The van der Waals surface area contributed by atoms with Gasteiger partial charge in [-0.15, -0.1) is 22.7 Å². The third-order valence-electron chi connectivity index (χ3n) is 10.9. The van der Waals surface area contributed by atoms with Crippen molar-refractivity contribution in [3.8, 4) is 44.9 Å². The molecule has 8 aromatic carbocycles. The fourth-order valence-corrected chi connectivity index (χ4v) is 10.8. The van der Waals surface area contributed by atoms with Gasteiger partial charge in [-0.2, -0.15) is 0 Å². The van der Waals surface area contributed by atoms with Gasteiger partial charge < -0.3 is 8.83 Å².